The number of aliphatic carboxylic acids is 1. The molecule has 4 aromatic rings. The van der Waals surface area contributed by atoms with E-state index in [1.54, 1.807) is 61.5 Å². The second kappa shape index (κ2) is 16.8. The van der Waals surface area contributed by atoms with Gasteiger partial charge in [-0.15, -0.1) is 0 Å². The van der Waals surface area contributed by atoms with Crippen molar-refractivity contribution in [1.82, 2.24) is 4.90 Å². The third kappa shape index (κ3) is 9.14. The number of nitrogens with one attached hydrogen (secondary N) is 1. The van der Waals surface area contributed by atoms with Crippen molar-refractivity contribution in [2.24, 2.45) is 0 Å². The Hall–Kier alpha value is -6.30. The van der Waals surface area contributed by atoms with Crippen LogP contribution in [0.25, 0.3) is 6.08 Å². The molecule has 0 spiro atoms. The van der Waals surface area contributed by atoms with E-state index in [-0.39, 0.29) is 25.5 Å². The summed E-state index contributed by atoms with van der Waals surface area (Å²) in [5, 5.41) is 23.8. The van der Waals surface area contributed by atoms with E-state index in [2.05, 4.69) is 5.32 Å². The molecule has 2 heterocycles. The van der Waals surface area contributed by atoms with Gasteiger partial charge in [0.2, 0.25) is 6.79 Å². The van der Waals surface area contributed by atoms with Gasteiger partial charge in [-0.25, -0.2) is 4.79 Å². The first-order valence-electron chi connectivity index (χ1n) is 17.4. The lowest BCUT2D eigenvalue weighted by molar-refractivity contribution is -0.151. The smallest absolute Gasteiger partial charge is 0.338 e. The number of amides is 2. The van der Waals surface area contributed by atoms with Crippen LogP contribution >= 0.6 is 0 Å². The number of nitrogens with zero attached hydrogens (tertiary/aromatic N) is 1. The lowest BCUT2D eigenvalue weighted by Gasteiger charge is -2.34. The van der Waals surface area contributed by atoms with Crippen molar-refractivity contribution in [3.05, 3.63) is 131 Å². The second-order valence-electron chi connectivity index (χ2n) is 12.9. The number of fused-ring (bicyclic) bond motifs is 1. The van der Waals surface area contributed by atoms with Crippen LogP contribution in [0.3, 0.4) is 0 Å². The van der Waals surface area contributed by atoms with Gasteiger partial charge in [-0.1, -0.05) is 66.7 Å². The molecule has 2 amide bonds. The predicted molar refractivity (Wildman–Crippen MR) is 194 cm³/mol. The summed E-state index contributed by atoms with van der Waals surface area (Å²) in [6.45, 7) is 1.81. The molecule has 1 saturated carbocycles. The average Bonchev–Trinajstić information content (AvgIpc) is 3.82. The van der Waals surface area contributed by atoms with E-state index in [0.717, 1.165) is 17.5 Å². The largest absolute Gasteiger partial charge is 0.503 e. The van der Waals surface area contributed by atoms with Crippen molar-refractivity contribution >= 4 is 35.5 Å². The van der Waals surface area contributed by atoms with Crippen molar-refractivity contribution < 1.29 is 48.0 Å². The Balaban J connectivity index is 1.35. The number of furan rings is 1. The molecule has 1 aliphatic heterocycles. The van der Waals surface area contributed by atoms with Gasteiger partial charge in [0.25, 0.3) is 11.8 Å². The summed E-state index contributed by atoms with van der Waals surface area (Å²) in [7, 11) is 0. The number of esters is 1. The minimum Gasteiger partial charge on any atom is -0.503 e. The first kappa shape index (κ1) is 36.5. The van der Waals surface area contributed by atoms with Crippen molar-refractivity contribution in [2.45, 2.75) is 57.1 Å². The normalized spacial score (nSPS) is 15.2. The van der Waals surface area contributed by atoms with Gasteiger partial charge in [0.15, 0.2) is 23.0 Å². The molecule has 2 unspecified atom stereocenters. The van der Waals surface area contributed by atoms with Crippen molar-refractivity contribution in [1.29, 1.82) is 0 Å². The fourth-order valence-electron chi connectivity index (χ4n) is 6.15. The monoisotopic (exact) mass is 720 g/mol. The number of ether oxygens (including phenoxy) is 3. The van der Waals surface area contributed by atoms with Crippen molar-refractivity contribution in [3.63, 3.8) is 0 Å². The number of aliphatic hydroxyl groups is 1. The minimum absolute atomic E-state index is 0.0269. The Kier molecular flexibility index (Phi) is 11.6. The van der Waals surface area contributed by atoms with Crippen LogP contribution in [0.2, 0.25) is 0 Å². The quantitative estimate of drug-likeness (QED) is 0.0668. The maximum atomic E-state index is 14.3. The zero-order valence-electron chi connectivity index (χ0n) is 29.1. The van der Waals surface area contributed by atoms with E-state index < -0.39 is 59.6 Å². The van der Waals surface area contributed by atoms with Gasteiger partial charge in [0.1, 0.15) is 11.9 Å². The van der Waals surface area contributed by atoms with E-state index >= 15 is 0 Å². The number of rotatable bonds is 15. The third-order valence-corrected chi connectivity index (χ3v) is 9.30. The summed E-state index contributed by atoms with van der Waals surface area (Å²) in [6.07, 6.45) is 4.55. The number of carboxylic acid groups (broad SMARTS) is 1. The second-order valence-corrected chi connectivity index (χ2v) is 12.9. The average molecular weight is 721 g/mol. The summed E-state index contributed by atoms with van der Waals surface area (Å²) < 4.78 is 22.7. The summed E-state index contributed by atoms with van der Waals surface area (Å²) in [4.78, 5) is 53.7. The van der Waals surface area contributed by atoms with E-state index in [4.69, 9.17) is 18.6 Å². The number of para-hydroxylation sites is 1. The predicted octanol–water partition coefficient (Wildman–Crippen LogP) is 6.90. The van der Waals surface area contributed by atoms with Gasteiger partial charge in [0.05, 0.1) is 12.0 Å². The highest BCUT2D eigenvalue weighted by Crippen LogP contribution is 2.38. The molecule has 12 nitrogen and oxygen atoms in total. The van der Waals surface area contributed by atoms with Crippen LogP contribution < -0.4 is 14.8 Å². The molecular weight excluding hydrogens is 680 g/mol. The molecule has 2 atom stereocenters. The topological polar surface area (TPSA) is 165 Å². The molecular formula is C41H40N2O10. The number of hydrogen-bond acceptors (Lipinski definition) is 9. The summed E-state index contributed by atoms with van der Waals surface area (Å²) >= 11 is 0. The van der Waals surface area contributed by atoms with E-state index in [1.165, 1.54) is 4.90 Å². The summed E-state index contributed by atoms with van der Waals surface area (Å²) in [5.41, 5.74) is 1.58. The molecule has 6 rings (SSSR count). The molecule has 274 valence electrons. The van der Waals surface area contributed by atoms with E-state index in [9.17, 15) is 29.4 Å². The highest BCUT2D eigenvalue weighted by molar-refractivity contribution is 6.04. The Morgan fingerprint density at radius 2 is 1.64 bits per heavy atom. The van der Waals surface area contributed by atoms with Gasteiger partial charge in [-0.05, 0) is 73.7 Å². The fourth-order valence-corrected chi connectivity index (χ4v) is 6.15. The van der Waals surface area contributed by atoms with Crippen LogP contribution in [-0.2, 0) is 25.5 Å². The summed E-state index contributed by atoms with van der Waals surface area (Å²) in [5.74, 6) is -3.78. The molecule has 3 N–H and O–H groups in total. The maximum Gasteiger partial charge on any atom is 0.338 e. The molecule has 0 saturated heterocycles. The van der Waals surface area contributed by atoms with Gasteiger partial charge in [0, 0.05) is 30.6 Å². The highest BCUT2D eigenvalue weighted by Gasteiger charge is 2.35. The molecule has 2 aliphatic rings. The van der Waals surface area contributed by atoms with Gasteiger partial charge >= 0.3 is 11.9 Å². The van der Waals surface area contributed by atoms with Gasteiger partial charge in [-0.3, -0.25) is 14.4 Å². The highest BCUT2D eigenvalue weighted by atomic mass is 16.7. The SMILES string of the molecule is CC(C(Cc1ccc(C(=O)Nc2ccccc2)o1)c1ccc2c(c1)OCO2)N(C/C=C/c1ccccc1)C(=O)C(O)=C(CC(=O)O)C(=O)OC1CCC1. The first-order chi connectivity index (χ1) is 25.7. The van der Waals surface area contributed by atoms with Gasteiger partial charge < -0.3 is 39.1 Å². The zero-order valence-corrected chi connectivity index (χ0v) is 29.1. The Bertz CT molecular complexity index is 2000. The molecule has 1 aromatic heterocycles. The molecule has 53 heavy (non-hydrogen) atoms. The number of aliphatic hydroxyl groups excluding tert-OH is 1. The maximum absolute atomic E-state index is 14.3. The summed E-state index contributed by atoms with van der Waals surface area (Å²) in [6, 6.07) is 26.3. The van der Waals surface area contributed by atoms with Crippen molar-refractivity contribution in [2.75, 3.05) is 18.7 Å². The molecule has 3 aromatic carbocycles. The van der Waals surface area contributed by atoms with Crippen LogP contribution in [-0.4, -0.2) is 64.3 Å². The van der Waals surface area contributed by atoms with Crippen LogP contribution in [0.15, 0.2) is 113 Å². The number of carbonyl (C=O) groups excluding carboxylic acids is 3. The zero-order chi connectivity index (χ0) is 37.3. The fraction of sp³-hybridized carbons (Fsp3) is 0.268. The van der Waals surface area contributed by atoms with E-state index in [1.807, 2.05) is 48.5 Å². The molecule has 0 bridgehead atoms. The Morgan fingerprint density at radius 3 is 2.34 bits per heavy atom. The third-order valence-electron chi connectivity index (χ3n) is 9.30. The van der Waals surface area contributed by atoms with Crippen LogP contribution in [0.5, 0.6) is 11.5 Å². The Morgan fingerprint density at radius 1 is 0.925 bits per heavy atom. The van der Waals surface area contributed by atoms with E-state index in [0.29, 0.717) is 35.8 Å². The molecule has 0 radical (unpaired) electrons. The first-order valence-corrected chi connectivity index (χ1v) is 17.4. The standard InChI is InChI=1S/C41H40N2O10/c1-26(43(21-9-12-27-10-4-2-5-11-27)40(48)38(46)33(24-37(44)45)41(49)53-30-15-8-16-30)32(28-17-19-34-36(22-28)51-25-50-34)23-31-18-20-35(52-31)39(47)42-29-13-6-3-7-14-29/h2-7,9-14,17-20,22,26,30,32,46H,8,15-16,21,23-25H2,1H3,(H,42,47)(H,44,45)/b12-9+,38-33?. The number of anilines is 1. The molecule has 12 heteroatoms. The number of benzene rings is 3. The molecule has 1 fully saturated rings. The number of carbonyl (C=O) groups is 4. The lowest BCUT2D eigenvalue weighted by atomic mass is 9.87. The van der Waals surface area contributed by atoms with Crippen LogP contribution in [0.1, 0.15) is 66.0 Å². The minimum atomic E-state index is -1.41. The number of carboxylic acids is 1. The molecule has 1 aliphatic carbocycles. The Labute approximate surface area is 306 Å². The van der Waals surface area contributed by atoms with Crippen molar-refractivity contribution in [3.8, 4) is 11.5 Å². The van der Waals surface area contributed by atoms with Crippen LogP contribution in [0, 0.1) is 0 Å². The van der Waals surface area contributed by atoms with Gasteiger partial charge in [-0.2, -0.15) is 0 Å². The number of hydrogen-bond donors (Lipinski definition) is 3. The lowest BCUT2D eigenvalue weighted by Crippen LogP contribution is -2.44. The van der Waals surface area contributed by atoms with Crippen LogP contribution in [0.4, 0.5) is 5.69 Å².